The molecule has 4 heteroatoms. The van der Waals surface area contributed by atoms with Crippen LogP contribution in [0.25, 0.3) is 10.8 Å². The largest absolute Gasteiger partial charge is 0.349 e. The van der Waals surface area contributed by atoms with Gasteiger partial charge in [0, 0.05) is 27.6 Å². The molecule has 0 radical (unpaired) electrons. The lowest BCUT2D eigenvalue weighted by molar-refractivity contribution is 0.0934. The molecule has 0 fully saturated rings. The van der Waals surface area contributed by atoms with Gasteiger partial charge in [-0.2, -0.15) is 0 Å². The van der Waals surface area contributed by atoms with Gasteiger partial charge in [-0.1, -0.05) is 77.8 Å². The molecule has 1 amide bonds. The first-order chi connectivity index (χ1) is 15.0. The van der Waals surface area contributed by atoms with Crippen molar-refractivity contribution in [3.63, 3.8) is 0 Å². The minimum Gasteiger partial charge on any atom is -0.349 e. The normalized spacial score (nSPS) is 13.0. The number of carbonyl (C=O) groups excluding carboxylic acids is 1. The Hall–Kier alpha value is -2.81. The van der Waals surface area contributed by atoms with Gasteiger partial charge in [0.2, 0.25) is 0 Å². The predicted octanol–water partition coefficient (Wildman–Crippen LogP) is 7.29. The molecule has 0 unspecified atom stereocenters. The van der Waals surface area contributed by atoms with Crippen LogP contribution in [0.15, 0.2) is 91.0 Å². The van der Waals surface area contributed by atoms with Crippen molar-refractivity contribution in [2.45, 2.75) is 25.3 Å². The lowest BCUT2D eigenvalue weighted by Crippen LogP contribution is -2.37. The van der Waals surface area contributed by atoms with Crippen molar-refractivity contribution < 1.29 is 4.79 Å². The Morgan fingerprint density at radius 2 is 1.42 bits per heavy atom. The topological polar surface area (TPSA) is 29.1 Å². The van der Waals surface area contributed by atoms with Gasteiger partial charge in [0.15, 0.2) is 0 Å². The summed E-state index contributed by atoms with van der Waals surface area (Å²) < 4.78 is 0. The zero-order chi connectivity index (χ0) is 21.8. The van der Waals surface area contributed by atoms with E-state index in [2.05, 4.69) is 5.32 Å². The van der Waals surface area contributed by atoms with Crippen LogP contribution in [0.5, 0.6) is 0 Å². The summed E-state index contributed by atoms with van der Waals surface area (Å²) in [5.41, 5.74) is 2.95. The first-order valence-electron chi connectivity index (χ1n) is 10.3. The molecule has 4 aromatic carbocycles. The van der Waals surface area contributed by atoms with Crippen LogP contribution in [0, 0.1) is 0 Å². The van der Waals surface area contributed by atoms with Crippen molar-refractivity contribution in [1.82, 2.24) is 5.32 Å². The first-order valence-corrected chi connectivity index (χ1v) is 11.0. The maximum absolute atomic E-state index is 13.0. The summed E-state index contributed by atoms with van der Waals surface area (Å²) in [5, 5.41) is 6.79. The Balaban J connectivity index is 1.57. The zero-order valence-corrected chi connectivity index (χ0v) is 18.7. The molecule has 31 heavy (non-hydrogen) atoms. The maximum atomic E-state index is 13.0. The molecular weight excluding hydrogens is 425 g/mol. The summed E-state index contributed by atoms with van der Waals surface area (Å²) in [4.78, 5) is 13.0. The number of hydrogen-bond acceptors (Lipinski definition) is 1. The van der Waals surface area contributed by atoms with Crippen molar-refractivity contribution in [1.29, 1.82) is 0 Å². The predicted molar refractivity (Wildman–Crippen MR) is 130 cm³/mol. The average molecular weight is 448 g/mol. The molecule has 0 aliphatic carbocycles. The van der Waals surface area contributed by atoms with Gasteiger partial charge in [-0.05, 0) is 71.6 Å². The van der Waals surface area contributed by atoms with Crippen LogP contribution >= 0.6 is 23.2 Å². The highest BCUT2D eigenvalue weighted by Crippen LogP contribution is 2.27. The van der Waals surface area contributed by atoms with Crippen LogP contribution < -0.4 is 5.32 Å². The van der Waals surface area contributed by atoms with Crippen LogP contribution in [0.4, 0.5) is 0 Å². The Morgan fingerprint density at radius 3 is 2.10 bits per heavy atom. The van der Waals surface area contributed by atoms with Gasteiger partial charge in [-0.25, -0.2) is 0 Å². The van der Waals surface area contributed by atoms with Crippen LogP contribution in [-0.2, 0) is 6.42 Å². The second-order valence-corrected chi connectivity index (χ2v) is 8.69. The zero-order valence-electron chi connectivity index (χ0n) is 17.2. The van der Waals surface area contributed by atoms with Gasteiger partial charge in [-0.15, -0.1) is 0 Å². The van der Waals surface area contributed by atoms with Crippen LogP contribution in [0.1, 0.15) is 34.3 Å². The molecular formula is C27H23Cl2NO. The van der Waals surface area contributed by atoms with Gasteiger partial charge in [0.25, 0.3) is 5.91 Å². The monoisotopic (exact) mass is 447 g/mol. The Labute approximate surface area is 192 Å². The number of fused-ring (bicyclic) bond motifs is 1. The molecule has 0 aliphatic heterocycles. The second kappa shape index (κ2) is 9.55. The minimum absolute atomic E-state index is 0.0756. The molecule has 156 valence electrons. The minimum atomic E-state index is -0.0872. The van der Waals surface area contributed by atoms with E-state index in [1.54, 1.807) is 0 Å². The van der Waals surface area contributed by atoms with Crippen molar-refractivity contribution >= 4 is 39.9 Å². The lowest BCUT2D eigenvalue weighted by atomic mass is 9.86. The standard InChI is InChI=1S/C27H23Cl2NO/c1-18(30-27(31)23-9-8-20-4-2-3-5-22(20)17-23)26(21-10-14-25(29)15-11-21)16-19-6-12-24(28)13-7-19/h2-15,17-18,26H,16H2,1H3,(H,30,31)/t18-,26+/m1/s1. The molecule has 0 bridgehead atoms. The van der Waals surface area contributed by atoms with Gasteiger partial charge < -0.3 is 5.32 Å². The van der Waals surface area contributed by atoms with E-state index in [0.29, 0.717) is 15.6 Å². The van der Waals surface area contributed by atoms with Crippen molar-refractivity contribution in [3.8, 4) is 0 Å². The summed E-state index contributed by atoms with van der Waals surface area (Å²) in [5.74, 6) is 0.0103. The van der Waals surface area contributed by atoms with Gasteiger partial charge in [0.1, 0.15) is 0 Å². The third-order valence-electron chi connectivity index (χ3n) is 5.64. The highest BCUT2D eigenvalue weighted by Gasteiger charge is 2.22. The molecule has 4 rings (SSSR count). The van der Waals surface area contributed by atoms with Crippen LogP contribution in [0.3, 0.4) is 0 Å². The Kier molecular flexibility index (Phi) is 6.60. The van der Waals surface area contributed by atoms with Crippen molar-refractivity contribution in [2.24, 2.45) is 0 Å². The molecule has 4 aromatic rings. The molecule has 0 aromatic heterocycles. The Morgan fingerprint density at radius 1 is 0.806 bits per heavy atom. The highest BCUT2D eigenvalue weighted by atomic mass is 35.5. The average Bonchev–Trinajstić information content (AvgIpc) is 2.79. The number of halogens is 2. The van der Waals surface area contributed by atoms with E-state index in [1.165, 1.54) is 0 Å². The lowest BCUT2D eigenvalue weighted by Gasteiger charge is -2.26. The summed E-state index contributed by atoms with van der Waals surface area (Å²) in [6.45, 7) is 2.05. The molecule has 0 heterocycles. The smallest absolute Gasteiger partial charge is 0.251 e. The van der Waals surface area contributed by atoms with Crippen LogP contribution in [-0.4, -0.2) is 11.9 Å². The third kappa shape index (κ3) is 5.28. The molecule has 2 atom stereocenters. The number of amides is 1. The molecule has 0 aliphatic rings. The van der Waals surface area contributed by atoms with E-state index in [1.807, 2.05) is 97.9 Å². The summed E-state index contributed by atoms with van der Waals surface area (Å²) in [7, 11) is 0. The number of benzene rings is 4. The highest BCUT2D eigenvalue weighted by molar-refractivity contribution is 6.30. The number of rotatable bonds is 6. The third-order valence-corrected chi connectivity index (χ3v) is 6.14. The number of carbonyl (C=O) groups is 1. The summed E-state index contributed by atoms with van der Waals surface area (Å²) in [6, 6.07) is 29.5. The molecule has 2 nitrogen and oxygen atoms in total. The first kappa shape index (κ1) is 21.4. The second-order valence-electron chi connectivity index (χ2n) is 7.81. The molecule has 0 saturated heterocycles. The van der Waals surface area contributed by atoms with Gasteiger partial charge in [-0.3, -0.25) is 4.79 Å². The van der Waals surface area contributed by atoms with Gasteiger partial charge in [0.05, 0.1) is 0 Å². The van der Waals surface area contributed by atoms with E-state index in [0.717, 1.165) is 28.3 Å². The molecule has 1 N–H and O–H groups in total. The van der Waals surface area contributed by atoms with E-state index in [-0.39, 0.29) is 17.9 Å². The van der Waals surface area contributed by atoms with Crippen molar-refractivity contribution in [3.05, 3.63) is 118 Å². The fourth-order valence-corrected chi connectivity index (χ4v) is 4.14. The van der Waals surface area contributed by atoms with E-state index in [4.69, 9.17) is 23.2 Å². The van der Waals surface area contributed by atoms with E-state index < -0.39 is 0 Å². The number of nitrogens with one attached hydrogen (secondary N) is 1. The summed E-state index contributed by atoms with van der Waals surface area (Å²) in [6.07, 6.45) is 0.776. The SMILES string of the molecule is C[C@@H](NC(=O)c1ccc2ccccc2c1)[C@H](Cc1ccc(Cl)cc1)c1ccc(Cl)cc1. The van der Waals surface area contributed by atoms with Crippen LogP contribution in [0.2, 0.25) is 10.0 Å². The maximum Gasteiger partial charge on any atom is 0.251 e. The number of hydrogen-bond donors (Lipinski definition) is 1. The van der Waals surface area contributed by atoms with Gasteiger partial charge >= 0.3 is 0 Å². The molecule has 0 saturated carbocycles. The quantitative estimate of drug-likeness (QED) is 0.330. The van der Waals surface area contributed by atoms with Crippen molar-refractivity contribution in [2.75, 3.05) is 0 Å². The van der Waals surface area contributed by atoms with E-state index in [9.17, 15) is 4.79 Å². The Bertz CT molecular complexity index is 1190. The fraction of sp³-hybridized carbons (Fsp3) is 0.148. The summed E-state index contributed by atoms with van der Waals surface area (Å²) >= 11 is 12.2. The fourth-order valence-electron chi connectivity index (χ4n) is 3.89. The van der Waals surface area contributed by atoms with E-state index >= 15 is 0 Å². The molecule has 0 spiro atoms.